The zero-order valence-electron chi connectivity index (χ0n) is 29.7. The van der Waals surface area contributed by atoms with Gasteiger partial charge in [0.1, 0.15) is 17.6 Å². The highest BCUT2D eigenvalue weighted by atomic mass is 32.2. The summed E-state index contributed by atoms with van der Waals surface area (Å²) >= 11 is 0. The standard InChI is InChI=1S/C35H44F2N6O7S/c1-20-13-29(41-12-11-40(5)23(17-41)19-49-6)21(2)32-31(20)24-8-9-42(18-27(24)35(46)50-32)34(45)25-15-30(39(3)4)26(14-28(25)37)33(44)38-51(47,48)43-10-7-22(36)16-43/h13-15,22-23H,7-12,16-19H2,1-6H3,(H,38,44)/t22-,23+/m0/s1. The lowest BCUT2D eigenvalue weighted by Gasteiger charge is -2.41. The Bertz CT molecular complexity index is 2060. The number of amides is 2. The number of halogens is 2. The lowest BCUT2D eigenvalue weighted by Crippen LogP contribution is -2.53. The van der Waals surface area contributed by atoms with Crippen LogP contribution >= 0.6 is 0 Å². The number of nitrogens with one attached hydrogen (secondary N) is 1. The summed E-state index contributed by atoms with van der Waals surface area (Å²) in [5, 5.41) is 0.836. The molecule has 0 spiro atoms. The summed E-state index contributed by atoms with van der Waals surface area (Å²) in [4.78, 5) is 47.8. The van der Waals surface area contributed by atoms with Gasteiger partial charge in [-0.3, -0.25) is 14.5 Å². The normalized spacial score (nSPS) is 20.2. The van der Waals surface area contributed by atoms with Gasteiger partial charge in [-0.2, -0.15) is 12.7 Å². The first-order chi connectivity index (χ1) is 24.1. The highest BCUT2D eigenvalue weighted by Crippen LogP contribution is 2.36. The monoisotopic (exact) mass is 730 g/mol. The van der Waals surface area contributed by atoms with Gasteiger partial charge in [-0.25, -0.2) is 18.3 Å². The van der Waals surface area contributed by atoms with Crippen LogP contribution in [0.1, 0.15) is 49.4 Å². The second-order valence-corrected chi connectivity index (χ2v) is 15.5. The van der Waals surface area contributed by atoms with E-state index in [9.17, 15) is 27.2 Å². The fraction of sp³-hybridized carbons (Fsp3) is 0.514. The van der Waals surface area contributed by atoms with E-state index >= 15 is 4.39 Å². The van der Waals surface area contributed by atoms with E-state index < -0.39 is 39.6 Å². The van der Waals surface area contributed by atoms with Crippen molar-refractivity contribution in [2.24, 2.45) is 0 Å². The molecular formula is C35H44F2N6O7S. The van der Waals surface area contributed by atoms with Gasteiger partial charge in [-0.05, 0) is 63.1 Å². The minimum atomic E-state index is -4.38. The number of anilines is 2. The summed E-state index contributed by atoms with van der Waals surface area (Å²) in [6.07, 6.45) is -0.994. The van der Waals surface area contributed by atoms with Crippen LogP contribution in [-0.4, -0.2) is 121 Å². The topological polar surface area (TPSA) is 136 Å². The number of alkyl halides is 1. The predicted octanol–water partition coefficient (Wildman–Crippen LogP) is 2.60. The number of fused-ring (bicyclic) bond motifs is 3. The van der Waals surface area contributed by atoms with Crippen LogP contribution in [0.15, 0.2) is 27.4 Å². The third-order valence-corrected chi connectivity index (χ3v) is 11.7. The van der Waals surface area contributed by atoms with Gasteiger partial charge in [0, 0.05) is 77.1 Å². The van der Waals surface area contributed by atoms with Crippen molar-refractivity contribution in [3.63, 3.8) is 0 Å². The second kappa shape index (κ2) is 14.1. The molecule has 0 saturated carbocycles. The molecule has 1 aromatic heterocycles. The van der Waals surface area contributed by atoms with Crippen molar-refractivity contribution in [2.75, 3.05) is 83.9 Å². The number of rotatable bonds is 8. The van der Waals surface area contributed by atoms with E-state index in [0.717, 1.165) is 57.8 Å². The lowest BCUT2D eigenvalue weighted by atomic mass is 9.92. The molecule has 2 saturated heterocycles. The summed E-state index contributed by atoms with van der Waals surface area (Å²) in [5.74, 6) is -2.85. The summed E-state index contributed by atoms with van der Waals surface area (Å²) in [6.45, 7) is 6.58. The summed E-state index contributed by atoms with van der Waals surface area (Å²) < 4.78 is 68.9. The molecule has 1 N–H and O–H groups in total. The third kappa shape index (κ3) is 6.93. The van der Waals surface area contributed by atoms with Crippen LogP contribution in [0.3, 0.4) is 0 Å². The fourth-order valence-electron chi connectivity index (χ4n) is 7.38. The van der Waals surface area contributed by atoms with Crippen LogP contribution < -0.4 is 20.1 Å². The number of carbonyl (C=O) groups excluding carboxylic acids is 2. The Kier molecular flexibility index (Phi) is 10.2. The molecule has 2 fully saturated rings. The van der Waals surface area contributed by atoms with Gasteiger partial charge >= 0.3 is 15.8 Å². The number of methoxy groups -OCH3 is 1. The highest BCUT2D eigenvalue weighted by molar-refractivity contribution is 7.87. The molecule has 3 aliphatic rings. The molecule has 0 aliphatic carbocycles. The maximum absolute atomic E-state index is 15.7. The molecule has 16 heteroatoms. The van der Waals surface area contributed by atoms with Gasteiger partial charge in [0.25, 0.3) is 11.8 Å². The molecule has 0 bridgehead atoms. The minimum absolute atomic E-state index is 0.00967. The van der Waals surface area contributed by atoms with Gasteiger partial charge in [0.2, 0.25) is 0 Å². The average molecular weight is 731 g/mol. The predicted molar refractivity (Wildman–Crippen MR) is 189 cm³/mol. The number of nitrogens with zero attached hydrogens (tertiary/aromatic N) is 5. The van der Waals surface area contributed by atoms with Crippen LogP contribution in [-0.2, 0) is 27.9 Å². The van der Waals surface area contributed by atoms with Crippen LogP contribution in [0.4, 0.5) is 20.2 Å². The van der Waals surface area contributed by atoms with Crippen LogP contribution in [0, 0.1) is 19.7 Å². The molecule has 2 aromatic carbocycles. The molecule has 4 heterocycles. The molecular weight excluding hydrogens is 686 g/mol. The molecule has 276 valence electrons. The number of hydrogen-bond donors (Lipinski definition) is 1. The summed E-state index contributed by atoms with van der Waals surface area (Å²) in [5.41, 5.74) is 3.30. The Balaban J connectivity index is 1.27. The zero-order valence-corrected chi connectivity index (χ0v) is 30.5. The number of likely N-dealkylation sites (N-methyl/N-ethyl adjacent to an activating group) is 1. The van der Waals surface area contributed by atoms with Crippen LogP contribution in [0.2, 0.25) is 0 Å². The van der Waals surface area contributed by atoms with Gasteiger partial charge in [-0.15, -0.1) is 0 Å². The van der Waals surface area contributed by atoms with Crippen LogP contribution in [0.5, 0.6) is 0 Å². The van der Waals surface area contributed by atoms with Crippen molar-refractivity contribution in [1.82, 2.24) is 18.8 Å². The quantitative estimate of drug-likeness (QED) is 0.345. The van der Waals surface area contributed by atoms with E-state index in [-0.39, 0.29) is 55.5 Å². The van der Waals surface area contributed by atoms with E-state index in [4.69, 9.17) is 9.15 Å². The Hall–Kier alpha value is -4.12. The number of hydrogen-bond acceptors (Lipinski definition) is 10. The van der Waals surface area contributed by atoms with Crippen LogP contribution in [0.25, 0.3) is 11.0 Å². The van der Waals surface area contributed by atoms with Gasteiger partial charge in [0.05, 0.1) is 41.6 Å². The minimum Gasteiger partial charge on any atom is -0.422 e. The molecule has 2 atom stereocenters. The maximum atomic E-state index is 15.7. The van der Waals surface area contributed by atoms with Crippen molar-refractivity contribution in [3.8, 4) is 0 Å². The summed E-state index contributed by atoms with van der Waals surface area (Å²) in [7, 11) is 2.52. The summed E-state index contributed by atoms with van der Waals surface area (Å²) in [6, 6.07) is 4.34. The first-order valence-electron chi connectivity index (χ1n) is 16.9. The van der Waals surface area contributed by atoms with Crippen molar-refractivity contribution in [3.05, 3.63) is 67.8 Å². The number of carbonyl (C=O) groups is 2. The van der Waals surface area contributed by atoms with E-state index in [1.165, 1.54) is 15.9 Å². The Morgan fingerprint density at radius 2 is 1.80 bits per heavy atom. The molecule has 2 amide bonds. The van der Waals surface area contributed by atoms with Gasteiger partial charge in [-0.1, -0.05) is 0 Å². The van der Waals surface area contributed by atoms with E-state index in [1.807, 2.05) is 18.6 Å². The molecule has 3 aliphatic heterocycles. The van der Waals surface area contributed by atoms with Crippen molar-refractivity contribution in [1.29, 1.82) is 0 Å². The van der Waals surface area contributed by atoms with Crippen molar-refractivity contribution < 1.29 is 35.9 Å². The first kappa shape index (κ1) is 36.7. The van der Waals surface area contributed by atoms with Crippen molar-refractivity contribution >= 4 is 44.4 Å². The van der Waals surface area contributed by atoms with E-state index in [2.05, 4.69) is 22.9 Å². The maximum Gasteiger partial charge on any atom is 0.341 e. The van der Waals surface area contributed by atoms with E-state index in [0.29, 0.717) is 24.2 Å². The Morgan fingerprint density at radius 3 is 2.47 bits per heavy atom. The SMILES string of the molecule is COC[C@H]1CN(c2cc(C)c3c4c(c(=O)oc3c2C)CN(C(=O)c2cc(N(C)C)c(C(=O)NS(=O)(=O)N3CC[C@H](F)C3)cc2F)CC4)CCN1C. The first-order valence-corrected chi connectivity index (χ1v) is 18.3. The fourth-order valence-corrected chi connectivity index (χ4v) is 8.56. The lowest BCUT2D eigenvalue weighted by molar-refractivity contribution is 0.0727. The molecule has 51 heavy (non-hydrogen) atoms. The zero-order chi connectivity index (χ0) is 36.9. The molecule has 3 aromatic rings. The molecule has 0 radical (unpaired) electrons. The van der Waals surface area contributed by atoms with E-state index in [1.54, 1.807) is 21.2 Å². The van der Waals surface area contributed by atoms with Gasteiger partial charge < -0.3 is 23.9 Å². The third-order valence-electron chi connectivity index (χ3n) is 10.2. The highest BCUT2D eigenvalue weighted by Gasteiger charge is 2.35. The second-order valence-electron chi connectivity index (χ2n) is 13.8. The Morgan fingerprint density at radius 1 is 1.06 bits per heavy atom. The molecule has 0 unspecified atom stereocenters. The largest absolute Gasteiger partial charge is 0.422 e. The molecule has 13 nitrogen and oxygen atoms in total. The number of ether oxygens (including phenoxy) is 1. The number of piperazine rings is 1. The number of benzene rings is 2. The number of aryl methyl sites for hydroxylation is 2. The molecule has 6 rings (SSSR count). The average Bonchev–Trinajstić information content (AvgIpc) is 3.54. The van der Waals surface area contributed by atoms with Gasteiger partial charge in [0.15, 0.2) is 0 Å². The van der Waals surface area contributed by atoms with Crippen molar-refractivity contribution in [2.45, 2.75) is 45.4 Å². The Labute approximate surface area is 295 Å². The smallest absolute Gasteiger partial charge is 0.341 e.